The average Bonchev–Trinajstić information content (AvgIpc) is 2.37. The standard InChI is InChI=1S/C14H17NO3/c1-4-9-15-14(2,13(16)17)10-11-5-7-12(18-3)8-6-11/h1,5-8,15H,9-10H2,2-3H3,(H,16,17). The maximum Gasteiger partial charge on any atom is 0.323 e. The van der Waals surface area contributed by atoms with E-state index in [0.717, 1.165) is 11.3 Å². The van der Waals surface area contributed by atoms with Crippen LogP contribution in [0.2, 0.25) is 0 Å². The highest BCUT2D eigenvalue weighted by Gasteiger charge is 2.32. The highest BCUT2D eigenvalue weighted by Crippen LogP contribution is 2.17. The molecule has 1 rings (SSSR count). The molecule has 4 nitrogen and oxygen atoms in total. The number of terminal acetylenes is 1. The molecule has 0 spiro atoms. The zero-order valence-corrected chi connectivity index (χ0v) is 10.6. The van der Waals surface area contributed by atoms with E-state index in [1.165, 1.54) is 0 Å². The molecule has 0 saturated heterocycles. The molecule has 0 bridgehead atoms. The Labute approximate surface area is 107 Å². The van der Waals surface area contributed by atoms with Gasteiger partial charge in [0, 0.05) is 6.42 Å². The lowest BCUT2D eigenvalue weighted by atomic mass is 9.93. The lowest BCUT2D eigenvalue weighted by Crippen LogP contribution is -2.51. The van der Waals surface area contributed by atoms with Crippen molar-refractivity contribution in [1.82, 2.24) is 5.32 Å². The molecule has 0 aliphatic carbocycles. The second-order valence-electron chi connectivity index (χ2n) is 4.22. The van der Waals surface area contributed by atoms with Crippen LogP contribution in [0, 0.1) is 12.3 Å². The second kappa shape index (κ2) is 6.08. The van der Waals surface area contributed by atoms with Gasteiger partial charge in [-0.05, 0) is 24.6 Å². The molecule has 96 valence electrons. The molecule has 0 fully saturated rings. The minimum atomic E-state index is -1.07. The van der Waals surface area contributed by atoms with Gasteiger partial charge in [-0.15, -0.1) is 6.42 Å². The molecule has 1 aromatic carbocycles. The molecule has 2 N–H and O–H groups in total. The molecule has 0 aromatic heterocycles. The number of rotatable bonds is 6. The number of carboxylic acid groups (broad SMARTS) is 1. The largest absolute Gasteiger partial charge is 0.497 e. The van der Waals surface area contributed by atoms with Crippen molar-refractivity contribution in [3.63, 3.8) is 0 Å². The van der Waals surface area contributed by atoms with Crippen LogP contribution in [0.5, 0.6) is 5.75 Å². The van der Waals surface area contributed by atoms with Crippen molar-refractivity contribution in [1.29, 1.82) is 0 Å². The van der Waals surface area contributed by atoms with Gasteiger partial charge < -0.3 is 9.84 Å². The summed E-state index contributed by atoms with van der Waals surface area (Å²) in [5, 5.41) is 12.1. The van der Waals surface area contributed by atoms with Crippen molar-refractivity contribution in [3.8, 4) is 18.1 Å². The Morgan fingerprint density at radius 3 is 2.56 bits per heavy atom. The minimum absolute atomic E-state index is 0.221. The molecule has 4 heteroatoms. The first-order valence-corrected chi connectivity index (χ1v) is 5.56. The van der Waals surface area contributed by atoms with E-state index in [-0.39, 0.29) is 6.54 Å². The predicted octanol–water partition coefficient (Wildman–Crippen LogP) is 1.30. The van der Waals surface area contributed by atoms with Gasteiger partial charge in [-0.3, -0.25) is 10.1 Å². The number of aliphatic carboxylic acids is 1. The van der Waals surface area contributed by atoms with Gasteiger partial charge in [-0.2, -0.15) is 0 Å². The molecule has 0 amide bonds. The molecule has 1 atom stereocenters. The van der Waals surface area contributed by atoms with Gasteiger partial charge in [0.25, 0.3) is 0 Å². The summed E-state index contributed by atoms with van der Waals surface area (Å²) < 4.78 is 5.05. The topological polar surface area (TPSA) is 58.6 Å². The van der Waals surface area contributed by atoms with E-state index in [0.29, 0.717) is 6.42 Å². The Kier molecular flexibility index (Phi) is 4.75. The first-order chi connectivity index (χ1) is 8.51. The summed E-state index contributed by atoms with van der Waals surface area (Å²) >= 11 is 0. The van der Waals surface area contributed by atoms with Gasteiger partial charge in [0.05, 0.1) is 13.7 Å². The quantitative estimate of drug-likeness (QED) is 0.744. The maximum atomic E-state index is 11.3. The summed E-state index contributed by atoms with van der Waals surface area (Å²) in [6.07, 6.45) is 5.50. The Morgan fingerprint density at radius 2 is 2.11 bits per heavy atom. The van der Waals surface area contributed by atoms with Gasteiger partial charge >= 0.3 is 5.97 Å². The summed E-state index contributed by atoms with van der Waals surface area (Å²) in [5.41, 5.74) is -0.161. The fourth-order valence-electron chi connectivity index (χ4n) is 1.61. The van der Waals surface area contributed by atoms with Crippen LogP contribution in [0.3, 0.4) is 0 Å². The lowest BCUT2D eigenvalue weighted by molar-refractivity contribution is -0.144. The number of nitrogens with one attached hydrogen (secondary N) is 1. The highest BCUT2D eigenvalue weighted by atomic mass is 16.5. The smallest absolute Gasteiger partial charge is 0.323 e. The number of carbonyl (C=O) groups is 1. The molecule has 18 heavy (non-hydrogen) atoms. The minimum Gasteiger partial charge on any atom is -0.497 e. The number of hydrogen-bond acceptors (Lipinski definition) is 3. The molecule has 0 aliphatic heterocycles. The van der Waals surface area contributed by atoms with E-state index in [1.807, 2.05) is 12.1 Å². The lowest BCUT2D eigenvalue weighted by Gasteiger charge is -2.25. The number of ether oxygens (including phenoxy) is 1. The van der Waals surface area contributed by atoms with E-state index in [4.69, 9.17) is 11.2 Å². The van der Waals surface area contributed by atoms with Gasteiger partial charge in [0.2, 0.25) is 0 Å². The normalized spacial score (nSPS) is 13.4. The van der Waals surface area contributed by atoms with Crippen molar-refractivity contribution in [3.05, 3.63) is 29.8 Å². The zero-order chi connectivity index (χ0) is 13.6. The molecular weight excluding hydrogens is 230 g/mol. The second-order valence-corrected chi connectivity index (χ2v) is 4.22. The highest BCUT2D eigenvalue weighted by molar-refractivity contribution is 5.78. The van der Waals surface area contributed by atoms with E-state index in [9.17, 15) is 9.90 Å². The third kappa shape index (κ3) is 3.51. The number of hydrogen-bond donors (Lipinski definition) is 2. The van der Waals surface area contributed by atoms with Crippen LogP contribution < -0.4 is 10.1 Å². The summed E-state index contributed by atoms with van der Waals surface area (Å²) in [6.45, 7) is 1.84. The van der Waals surface area contributed by atoms with Crippen LogP contribution in [-0.2, 0) is 11.2 Å². The summed E-state index contributed by atoms with van der Waals surface area (Å²) in [7, 11) is 1.59. The van der Waals surface area contributed by atoms with E-state index >= 15 is 0 Å². The fraction of sp³-hybridized carbons (Fsp3) is 0.357. The predicted molar refractivity (Wildman–Crippen MR) is 69.6 cm³/mol. The number of carboxylic acids is 1. The maximum absolute atomic E-state index is 11.3. The van der Waals surface area contributed by atoms with Crippen LogP contribution in [0.4, 0.5) is 0 Å². The van der Waals surface area contributed by atoms with E-state index in [2.05, 4.69) is 11.2 Å². The van der Waals surface area contributed by atoms with Gasteiger partial charge in [0.1, 0.15) is 11.3 Å². The molecule has 0 saturated carbocycles. The molecule has 0 radical (unpaired) electrons. The Balaban J connectivity index is 2.82. The molecular formula is C14H17NO3. The zero-order valence-electron chi connectivity index (χ0n) is 10.6. The number of methoxy groups -OCH3 is 1. The molecule has 1 unspecified atom stereocenters. The van der Waals surface area contributed by atoms with Crippen molar-refractivity contribution in [2.75, 3.05) is 13.7 Å². The van der Waals surface area contributed by atoms with Gasteiger partial charge in [0.15, 0.2) is 0 Å². The van der Waals surface area contributed by atoms with Crippen LogP contribution in [0.1, 0.15) is 12.5 Å². The average molecular weight is 247 g/mol. The summed E-state index contributed by atoms with van der Waals surface area (Å²) in [5.74, 6) is 2.21. The fourth-order valence-corrected chi connectivity index (χ4v) is 1.61. The van der Waals surface area contributed by atoms with Gasteiger partial charge in [-0.1, -0.05) is 18.1 Å². The number of benzene rings is 1. The first-order valence-electron chi connectivity index (χ1n) is 5.56. The first kappa shape index (κ1) is 14.1. The summed E-state index contributed by atoms with van der Waals surface area (Å²) in [4.78, 5) is 11.3. The van der Waals surface area contributed by atoms with E-state index < -0.39 is 11.5 Å². The SMILES string of the molecule is C#CCNC(C)(Cc1ccc(OC)cc1)C(=O)O. The van der Waals surface area contributed by atoms with Crippen LogP contribution in [-0.4, -0.2) is 30.3 Å². The van der Waals surface area contributed by atoms with Crippen molar-refractivity contribution in [2.45, 2.75) is 18.9 Å². The Morgan fingerprint density at radius 1 is 1.50 bits per heavy atom. The molecule has 0 aliphatic rings. The van der Waals surface area contributed by atoms with Crippen LogP contribution in [0.15, 0.2) is 24.3 Å². The van der Waals surface area contributed by atoms with Gasteiger partial charge in [-0.25, -0.2) is 0 Å². The Bertz CT molecular complexity index is 447. The Hall–Kier alpha value is -1.99. The van der Waals surface area contributed by atoms with Crippen molar-refractivity contribution in [2.24, 2.45) is 0 Å². The monoisotopic (exact) mass is 247 g/mol. The third-order valence-corrected chi connectivity index (χ3v) is 2.77. The third-order valence-electron chi connectivity index (χ3n) is 2.77. The van der Waals surface area contributed by atoms with Crippen LogP contribution in [0.25, 0.3) is 0 Å². The van der Waals surface area contributed by atoms with Crippen molar-refractivity contribution < 1.29 is 14.6 Å². The van der Waals surface area contributed by atoms with Crippen LogP contribution >= 0.6 is 0 Å². The van der Waals surface area contributed by atoms with Crippen molar-refractivity contribution >= 4 is 5.97 Å². The molecule has 1 aromatic rings. The summed E-state index contributed by atoms with van der Waals surface area (Å²) in [6, 6.07) is 7.30. The molecule has 0 heterocycles. The van der Waals surface area contributed by atoms with E-state index in [1.54, 1.807) is 26.2 Å².